The second-order valence-corrected chi connectivity index (χ2v) is 5.76. The van der Waals surface area contributed by atoms with E-state index in [2.05, 4.69) is 24.3 Å². The normalized spacial score (nSPS) is 11.2. The molecule has 0 spiro atoms. The molecule has 0 saturated carbocycles. The fourth-order valence-corrected chi connectivity index (χ4v) is 2.21. The third kappa shape index (κ3) is 3.96. The Hall–Kier alpha value is -1.03. The van der Waals surface area contributed by atoms with Gasteiger partial charge in [0.1, 0.15) is 0 Å². The number of benzene rings is 1. The highest BCUT2D eigenvalue weighted by molar-refractivity contribution is 6.32. The first-order valence-electron chi connectivity index (χ1n) is 6.26. The van der Waals surface area contributed by atoms with Gasteiger partial charge in [0.05, 0.1) is 21.9 Å². The van der Waals surface area contributed by atoms with Crippen molar-refractivity contribution in [1.29, 1.82) is 0 Å². The van der Waals surface area contributed by atoms with E-state index in [1.54, 1.807) is 17.1 Å². The summed E-state index contributed by atoms with van der Waals surface area (Å²) in [6, 6.07) is 5.96. The summed E-state index contributed by atoms with van der Waals surface area (Å²) < 4.78 is 1.68. The molecule has 0 unspecified atom stereocenters. The fraction of sp³-hybridized carbons (Fsp3) is 0.357. The SMILES string of the molecule is CC(C)CNCc1ccc(-n2cc(Cl)cn2)c(Cl)c1. The molecular formula is C14H17Cl2N3. The lowest BCUT2D eigenvalue weighted by Gasteiger charge is -2.09. The van der Waals surface area contributed by atoms with Gasteiger partial charge < -0.3 is 5.32 Å². The molecular weight excluding hydrogens is 281 g/mol. The van der Waals surface area contributed by atoms with E-state index in [1.165, 1.54) is 0 Å². The van der Waals surface area contributed by atoms with Gasteiger partial charge in [-0.3, -0.25) is 0 Å². The Morgan fingerprint density at radius 1 is 1.32 bits per heavy atom. The van der Waals surface area contributed by atoms with Gasteiger partial charge in [0, 0.05) is 12.7 Å². The highest BCUT2D eigenvalue weighted by Gasteiger charge is 2.06. The molecule has 0 saturated heterocycles. The van der Waals surface area contributed by atoms with Crippen molar-refractivity contribution in [2.75, 3.05) is 6.54 Å². The predicted octanol–water partition coefficient (Wildman–Crippen LogP) is 3.92. The number of hydrogen-bond acceptors (Lipinski definition) is 2. The number of nitrogens with zero attached hydrogens (tertiary/aromatic N) is 2. The van der Waals surface area contributed by atoms with Crippen LogP contribution in [0.15, 0.2) is 30.6 Å². The Kier molecular flexibility index (Phi) is 4.86. The van der Waals surface area contributed by atoms with Gasteiger partial charge in [0.25, 0.3) is 0 Å². The minimum atomic E-state index is 0.596. The van der Waals surface area contributed by atoms with E-state index in [9.17, 15) is 0 Å². The maximum absolute atomic E-state index is 6.28. The topological polar surface area (TPSA) is 29.9 Å². The van der Waals surface area contributed by atoms with Crippen LogP contribution in [0.25, 0.3) is 5.69 Å². The summed E-state index contributed by atoms with van der Waals surface area (Å²) in [5.74, 6) is 0.640. The molecule has 0 fully saturated rings. The smallest absolute Gasteiger partial charge is 0.0832 e. The Bertz CT molecular complexity index is 549. The van der Waals surface area contributed by atoms with Crippen molar-refractivity contribution in [3.8, 4) is 5.69 Å². The van der Waals surface area contributed by atoms with Crippen molar-refractivity contribution in [3.63, 3.8) is 0 Å². The Morgan fingerprint density at radius 2 is 2.11 bits per heavy atom. The number of halogens is 2. The first-order valence-corrected chi connectivity index (χ1v) is 7.01. The van der Waals surface area contributed by atoms with E-state index in [0.717, 1.165) is 24.3 Å². The average Bonchev–Trinajstić information content (AvgIpc) is 2.75. The number of rotatable bonds is 5. The summed E-state index contributed by atoms with van der Waals surface area (Å²) in [7, 11) is 0. The molecule has 0 radical (unpaired) electrons. The Labute approximate surface area is 123 Å². The second-order valence-electron chi connectivity index (χ2n) is 4.91. The van der Waals surface area contributed by atoms with Gasteiger partial charge in [-0.2, -0.15) is 5.10 Å². The van der Waals surface area contributed by atoms with Gasteiger partial charge in [0.15, 0.2) is 0 Å². The lowest BCUT2D eigenvalue weighted by molar-refractivity contribution is 0.552. The average molecular weight is 298 g/mol. The molecule has 0 bridgehead atoms. The van der Waals surface area contributed by atoms with E-state index < -0.39 is 0 Å². The second kappa shape index (κ2) is 6.42. The third-order valence-corrected chi connectivity index (χ3v) is 3.19. The molecule has 1 aromatic heterocycles. The lowest BCUT2D eigenvalue weighted by atomic mass is 10.2. The first-order chi connectivity index (χ1) is 9.06. The highest BCUT2D eigenvalue weighted by Crippen LogP contribution is 2.22. The molecule has 0 aliphatic rings. The first kappa shape index (κ1) is 14.4. The molecule has 1 heterocycles. The van der Waals surface area contributed by atoms with Crippen LogP contribution in [0.4, 0.5) is 0 Å². The van der Waals surface area contributed by atoms with Gasteiger partial charge in [-0.05, 0) is 30.2 Å². The zero-order valence-corrected chi connectivity index (χ0v) is 12.5. The summed E-state index contributed by atoms with van der Waals surface area (Å²) in [5, 5.41) is 8.80. The van der Waals surface area contributed by atoms with Crippen molar-refractivity contribution in [1.82, 2.24) is 15.1 Å². The quantitative estimate of drug-likeness (QED) is 0.906. The number of nitrogens with one attached hydrogen (secondary N) is 1. The summed E-state index contributed by atoms with van der Waals surface area (Å²) in [4.78, 5) is 0. The van der Waals surface area contributed by atoms with Gasteiger partial charge in [-0.25, -0.2) is 4.68 Å². The van der Waals surface area contributed by atoms with Crippen LogP contribution < -0.4 is 5.32 Å². The van der Waals surface area contributed by atoms with Crippen LogP contribution in [0.2, 0.25) is 10.0 Å². The van der Waals surface area contributed by atoms with Crippen LogP contribution in [0.5, 0.6) is 0 Å². The van der Waals surface area contributed by atoms with Gasteiger partial charge in [-0.1, -0.05) is 43.1 Å². The third-order valence-electron chi connectivity index (χ3n) is 2.69. The predicted molar refractivity (Wildman–Crippen MR) is 80.1 cm³/mol. The van der Waals surface area contributed by atoms with Gasteiger partial charge in [-0.15, -0.1) is 0 Å². The maximum atomic E-state index is 6.28. The molecule has 0 aliphatic carbocycles. The van der Waals surface area contributed by atoms with E-state index in [0.29, 0.717) is 16.0 Å². The van der Waals surface area contributed by atoms with Crippen molar-refractivity contribution in [2.24, 2.45) is 5.92 Å². The molecule has 2 aromatic rings. The summed E-state index contributed by atoms with van der Waals surface area (Å²) in [6.07, 6.45) is 3.33. The highest BCUT2D eigenvalue weighted by atomic mass is 35.5. The molecule has 0 aliphatic heterocycles. The van der Waals surface area contributed by atoms with Crippen LogP contribution in [-0.4, -0.2) is 16.3 Å². The molecule has 3 nitrogen and oxygen atoms in total. The van der Waals surface area contributed by atoms with Crippen molar-refractivity contribution in [3.05, 3.63) is 46.2 Å². The van der Waals surface area contributed by atoms with Crippen LogP contribution in [0.1, 0.15) is 19.4 Å². The minimum Gasteiger partial charge on any atom is -0.312 e. The molecule has 2 rings (SSSR count). The summed E-state index contributed by atoms with van der Waals surface area (Å²) in [6.45, 7) is 6.18. The molecule has 19 heavy (non-hydrogen) atoms. The van der Waals surface area contributed by atoms with Gasteiger partial charge >= 0.3 is 0 Å². The van der Waals surface area contributed by atoms with Crippen molar-refractivity contribution < 1.29 is 0 Å². The fourth-order valence-electron chi connectivity index (χ4n) is 1.78. The molecule has 1 N–H and O–H groups in total. The maximum Gasteiger partial charge on any atom is 0.0832 e. The zero-order chi connectivity index (χ0) is 13.8. The Balaban J connectivity index is 2.09. The monoisotopic (exact) mass is 297 g/mol. The van der Waals surface area contributed by atoms with E-state index in [1.807, 2.05) is 18.2 Å². The van der Waals surface area contributed by atoms with E-state index in [-0.39, 0.29) is 0 Å². The van der Waals surface area contributed by atoms with Crippen molar-refractivity contribution >= 4 is 23.2 Å². The Morgan fingerprint density at radius 3 is 2.68 bits per heavy atom. The van der Waals surface area contributed by atoms with Crippen LogP contribution in [0, 0.1) is 5.92 Å². The van der Waals surface area contributed by atoms with Crippen LogP contribution >= 0.6 is 23.2 Å². The van der Waals surface area contributed by atoms with Crippen molar-refractivity contribution in [2.45, 2.75) is 20.4 Å². The zero-order valence-electron chi connectivity index (χ0n) is 11.0. The standard InChI is InChI=1S/C14H17Cl2N3/c1-10(2)6-17-7-11-3-4-14(13(16)5-11)19-9-12(15)8-18-19/h3-5,8-10,17H,6-7H2,1-2H3. The number of aromatic nitrogens is 2. The molecule has 1 aromatic carbocycles. The molecule has 102 valence electrons. The summed E-state index contributed by atoms with van der Waals surface area (Å²) >= 11 is 12.1. The minimum absolute atomic E-state index is 0.596. The summed E-state index contributed by atoms with van der Waals surface area (Å²) in [5.41, 5.74) is 1.99. The molecule has 5 heteroatoms. The van der Waals surface area contributed by atoms with E-state index >= 15 is 0 Å². The molecule has 0 amide bonds. The molecule has 0 atom stereocenters. The largest absolute Gasteiger partial charge is 0.312 e. The lowest BCUT2D eigenvalue weighted by Crippen LogP contribution is -2.18. The van der Waals surface area contributed by atoms with Gasteiger partial charge in [0.2, 0.25) is 0 Å². The van der Waals surface area contributed by atoms with E-state index in [4.69, 9.17) is 23.2 Å². The van der Waals surface area contributed by atoms with Crippen LogP contribution in [0.3, 0.4) is 0 Å². The van der Waals surface area contributed by atoms with Crippen LogP contribution in [-0.2, 0) is 6.54 Å². The number of hydrogen-bond donors (Lipinski definition) is 1.